The third kappa shape index (κ3) is 2.02. The van der Waals surface area contributed by atoms with Crippen molar-refractivity contribution in [3.05, 3.63) is 60.2 Å². The van der Waals surface area contributed by atoms with Crippen molar-refractivity contribution in [2.24, 2.45) is 0 Å². The van der Waals surface area contributed by atoms with E-state index in [4.69, 9.17) is 4.98 Å². The Balaban J connectivity index is 2.27. The van der Waals surface area contributed by atoms with Crippen molar-refractivity contribution >= 4 is 25.4 Å². The van der Waals surface area contributed by atoms with Crippen molar-refractivity contribution in [3.63, 3.8) is 0 Å². The first-order chi connectivity index (χ1) is 8.74. The minimum Gasteiger partial charge on any atom is -0.248 e. The summed E-state index contributed by atoms with van der Waals surface area (Å²) in [6.07, 6.45) is 0. The van der Waals surface area contributed by atoms with Crippen LogP contribution in [0.5, 0.6) is 0 Å². The SMILES string of the molecule is Cc1cc(-c2ccccc2)nc2cc(P)ccc12. The van der Waals surface area contributed by atoms with Crippen LogP contribution in [0.3, 0.4) is 0 Å². The molecule has 1 atom stereocenters. The van der Waals surface area contributed by atoms with E-state index in [1.54, 1.807) is 0 Å². The highest BCUT2D eigenvalue weighted by Gasteiger charge is 2.04. The van der Waals surface area contributed by atoms with Gasteiger partial charge < -0.3 is 0 Å². The van der Waals surface area contributed by atoms with E-state index in [1.807, 2.05) is 18.2 Å². The van der Waals surface area contributed by atoms with E-state index >= 15 is 0 Å². The van der Waals surface area contributed by atoms with Crippen molar-refractivity contribution in [1.29, 1.82) is 0 Å². The van der Waals surface area contributed by atoms with Gasteiger partial charge in [0.15, 0.2) is 0 Å². The third-order valence-electron chi connectivity index (χ3n) is 3.11. The molecule has 1 aromatic heterocycles. The van der Waals surface area contributed by atoms with Crippen LogP contribution in [0.2, 0.25) is 0 Å². The van der Waals surface area contributed by atoms with Crippen LogP contribution >= 0.6 is 9.24 Å². The Labute approximate surface area is 109 Å². The van der Waals surface area contributed by atoms with Gasteiger partial charge in [-0.1, -0.05) is 42.5 Å². The van der Waals surface area contributed by atoms with Gasteiger partial charge in [-0.15, -0.1) is 9.24 Å². The van der Waals surface area contributed by atoms with Gasteiger partial charge in [0.2, 0.25) is 0 Å². The van der Waals surface area contributed by atoms with Crippen LogP contribution < -0.4 is 5.30 Å². The maximum absolute atomic E-state index is 4.75. The van der Waals surface area contributed by atoms with Crippen LogP contribution in [0.25, 0.3) is 22.2 Å². The first kappa shape index (κ1) is 11.4. The summed E-state index contributed by atoms with van der Waals surface area (Å²) in [7, 11) is 2.72. The van der Waals surface area contributed by atoms with Crippen LogP contribution in [0.4, 0.5) is 0 Å². The monoisotopic (exact) mass is 251 g/mol. The van der Waals surface area contributed by atoms with Crippen LogP contribution in [-0.4, -0.2) is 4.98 Å². The molecular weight excluding hydrogens is 237 g/mol. The number of benzene rings is 2. The zero-order valence-electron chi connectivity index (χ0n) is 10.2. The molecule has 88 valence electrons. The molecule has 0 bridgehead atoms. The fourth-order valence-corrected chi connectivity index (χ4v) is 2.43. The summed E-state index contributed by atoms with van der Waals surface area (Å²) in [6.45, 7) is 2.14. The Hall–Kier alpha value is -1.72. The lowest BCUT2D eigenvalue weighted by molar-refractivity contribution is 1.36. The molecule has 2 heteroatoms. The van der Waals surface area contributed by atoms with Gasteiger partial charge in [0.05, 0.1) is 11.2 Å². The number of hydrogen-bond acceptors (Lipinski definition) is 1. The van der Waals surface area contributed by atoms with Crippen molar-refractivity contribution in [2.45, 2.75) is 6.92 Å². The fraction of sp³-hybridized carbons (Fsp3) is 0.0625. The molecule has 0 saturated heterocycles. The molecular formula is C16H14NP. The predicted octanol–water partition coefficient (Wildman–Crippen LogP) is 3.71. The molecule has 0 radical (unpaired) electrons. The average Bonchev–Trinajstić information content (AvgIpc) is 2.39. The van der Waals surface area contributed by atoms with Gasteiger partial charge in [-0.2, -0.15) is 0 Å². The highest BCUT2D eigenvalue weighted by molar-refractivity contribution is 7.27. The van der Waals surface area contributed by atoms with Crippen LogP contribution in [-0.2, 0) is 0 Å². The molecule has 18 heavy (non-hydrogen) atoms. The van der Waals surface area contributed by atoms with E-state index < -0.39 is 0 Å². The lowest BCUT2D eigenvalue weighted by Gasteiger charge is -2.07. The Morgan fingerprint density at radius 1 is 0.944 bits per heavy atom. The highest BCUT2D eigenvalue weighted by Crippen LogP contribution is 2.23. The quantitative estimate of drug-likeness (QED) is 0.601. The first-order valence-electron chi connectivity index (χ1n) is 5.96. The summed E-state index contributed by atoms with van der Waals surface area (Å²) in [6, 6.07) is 18.8. The Morgan fingerprint density at radius 3 is 2.50 bits per heavy atom. The highest BCUT2D eigenvalue weighted by atomic mass is 31.0. The maximum Gasteiger partial charge on any atom is 0.0718 e. The molecule has 0 saturated carbocycles. The number of nitrogens with zero attached hydrogens (tertiary/aromatic N) is 1. The maximum atomic E-state index is 4.75. The Kier molecular flexibility index (Phi) is 2.85. The van der Waals surface area contributed by atoms with Gasteiger partial charge in [-0.05, 0) is 29.9 Å². The molecule has 0 amide bonds. The van der Waals surface area contributed by atoms with E-state index in [0.717, 1.165) is 16.8 Å². The standard InChI is InChI=1S/C16H14NP/c1-11-9-15(12-5-3-2-4-6-12)17-16-10-13(18)7-8-14(11)16/h2-10H,18H2,1H3. The molecule has 0 aliphatic rings. The summed E-state index contributed by atoms with van der Waals surface area (Å²) in [5.41, 5.74) is 4.53. The zero-order valence-corrected chi connectivity index (χ0v) is 11.4. The number of rotatable bonds is 1. The second-order valence-corrected chi connectivity index (χ2v) is 5.13. The van der Waals surface area contributed by atoms with Crippen LogP contribution in [0.15, 0.2) is 54.6 Å². The van der Waals surface area contributed by atoms with Gasteiger partial charge in [0.25, 0.3) is 0 Å². The lowest BCUT2D eigenvalue weighted by Crippen LogP contribution is -1.94. The number of pyridine rings is 1. The molecule has 0 spiro atoms. The Bertz CT molecular complexity index is 705. The topological polar surface area (TPSA) is 12.9 Å². The van der Waals surface area contributed by atoms with E-state index in [2.05, 4.69) is 52.6 Å². The molecule has 1 heterocycles. The van der Waals surface area contributed by atoms with Crippen LogP contribution in [0.1, 0.15) is 5.56 Å². The summed E-state index contributed by atoms with van der Waals surface area (Å²) in [5, 5.41) is 2.39. The summed E-state index contributed by atoms with van der Waals surface area (Å²) in [5.74, 6) is 0. The van der Waals surface area contributed by atoms with Gasteiger partial charge >= 0.3 is 0 Å². The predicted molar refractivity (Wildman–Crippen MR) is 81.3 cm³/mol. The van der Waals surface area contributed by atoms with Gasteiger partial charge in [0, 0.05) is 10.9 Å². The number of aromatic nitrogens is 1. The molecule has 0 fully saturated rings. The summed E-state index contributed by atoms with van der Waals surface area (Å²) < 4.78 is 0. The van der Waals surface area contributed by atoms with Crippen LogP contribution in [0, 0.1) is 6.92 Å². The van der Waals surface area contributed by atoms with Crippen molar-refractivity contribution in [2.75, 3.05) is 0 Å². The molecule has 0 aliphatic heterocycles. The Morgan fingerprint density at radius 2 is 1.72 bits per heavy atom. The van der Waals surface area contributed by atoms with Crippen molar-refractivity contribution in [3.8, 4) is 11.3 Å². The van der Waals surface area contributed by atoms with Gasteiger partial charge in [-0.25, -0.2) is 4.98 Å². The van der Waals surface area contributed by atoms with Gasteiger partial charge in [0.1, 0.15) is 0 Å². The molecule has 1 unspecified atom stereocenters. The zero-order chi connectivity index (χ0) is 12.5. The van der Waals surface area contributed by atoms with E-state index in [-0.39, 0.29) is 0 Å². The average molecular weight is 251 g/mol. The smallest absolute Gasteiger partial charge is 0.0718 e. The summed E-state index contributed by atoms with van der Waals surface area (Å²) >= 11 is 0. The molecule has 0 aliphatic carbocycles. The van der Waals surface area contributed by atoms with E-state index in [1.165, 1.54) is 16.3 Å². The lowest BCUT2D eigenvalue weighted by atomic mass is 10.1. The summed E-state index contributed by atoms with van der Waals surface area (Å²) in [4.78, 5) is 4.75. The molecule has 3 aromatic rings. The van der Waals surface area contributed by atoms with Gasteiger partial charge in [-0.3, -0.25) is 0 Å². The third-order valence-corrected chi connectivity index (χ3v) is 3.47. The van der Waals surface area contributed by atoms with E-state index in [0.29, 0.717) is 0 Å². The molecule has 1 nitrogen and oxygen atoms in total. The number of aryl methyl sites for hydroxylation is 1. The van der Waals surface area contributed by atoms with Crippen molar-refractivity contribution < 1.29 is 0 Å². The fourth-order valence-electron chi connectivity index (χ4n) is 2.18. The normalized spacial score (nSPS) is 10.8. The first-order valence-corrected chi connectivity index (χ1v) is 6.54. The largest absolute Gasteiger partial charge is 0.248 e. The molecule has 3 rings (SSSR count). The second kappa shape index (κ2) is 4.51. The second-order valence-electron chi connectivity index (χ2n) is 4.47. The molecule has 2 aromatic carbocycles. The van der Waals surface area contributed by atoms with E-state index in [9.17, 15) is 0 Å². The minimum atomic E-state index is 1.04. The number of hydrogen-bond donors (Lipinski definition) is 0. The van der Waals surface area contributed by atoms with Crippen molar-refractivity contribution in [1.82, 2.24) is 4.98 Å². The minimum absolute atomic E-state index is 1.04. The number of fused-ring (bicyclic) bond motifs is 1. The molecule has 0 N–H and O–H groups in total.